The van der Waals surface area contributed by atoms with E-state index in [0.717, 1.165) is 12.8 Å². The lowest BCUT2D eigenvalue weighted by Crippen LogP contribution is -2.26. The van der Waals surface area contributed by atoms with Gasteiger partial charge in [0.1, 0.15) is 5.82 Å². The molecule has 2 aromatic rings. The van der Waals surface area contributed by atoms with Gasteiger partial charge in [0.15, 0.2) is 0 Å². The Labute approximate surface area is 139 Å². The summed E-state index contributed by atoms with van der Waals surface area (Å²) >= 11 is 0. The molecule has 0 aromatic heterocycles. The first-order chi connectivity index (χ1) is 11.6. The second-order valence-corrected chi connectivity index (χ2v) is 5.67. The molecule has 1 fully saturated rings. The van der Waals surface area contributed by atoms with Gasteiger partial charge in [-0.05, 0) is 48.7 Å². The molecule has 24 heavy (non-hydrogen) atoms. The number of anilines is 1. The largest absolute Gasteiger partial charge is 0.349 e. The van der Waals surface area contributed by atoms with E-state index < -0.39 is 0 Å². The van der Waals surface area contributed by atoms with Gasteiger partial charge in [0, 0.05) is 12.1 Å². The summed E-state index contributed by atoms with van der Waals surface area (Å²) in [7, 11) is 0. The Morgan fingerprint density at radius 2 is 1.88 bits per heavy atom. The zero-order chi connectivity index (χ0) is 16.9. The van der Waals surface area contributed by atoms with Gasteiger partial charge >= 0.3 is 0 Å². The van der Waals surface area contributed by atoms with Crippen molar-refractivity contribution in [2.24, 2.45) is 0 Å². The average Bonchev–Trinajstić information content (AvgIpc) is 3.37. The van der Waals surface area contributed by atoms with Crippen molar-refractivity contribution in [3.8, 4) is 0 Å². The average molecular weight is 324 g/mol. The van der Waals surface area contributed by atoms with Crippen molar-refractivity contribution in [3.63, 3.8) is 0 Å². The van der Waals surface area contributed by atoms with Crippen LogP contribution in [0.1, 0.15) is 28.8 Å². The van der Waals surface area contributed by atoms with Crippen LogP contribution in [-0.2, 0) is 4.79 Å². The summed E-state index contributed by atoms with van der Waals surface area (Å²) in [6.45, 7) is 0. The minimum Gasteiger partial charge on any atom is -0.349 e. The van der Waals surface area contributed by atoms with E-state index in [1.165, 1.54) is 24.3 Å². The van der Waals surface area contributed by atoms with Crippen molar-refractivity contribution >= 4 is 23.6 Å². The van der Waals surface area contributed by atoms with Gasteiger partial charge < -0.3 is 10.6 Å². The fourth-order valence-corrected chi connectivity index (χ4v) is 2.24. The van der Waals surface area contributed by atoms with E-state index in [0.29, 0.717) is 16.8 Å². The first-order valence-corrected chi connectivity index (χ1v) is 7.76. The summed E-state index contributed by atoms with van der Waals surface area (Å²) in [6, 6.07) is 13.0. The van der Waals surface area contributed by atoms with Gasteiger partial charge in [-0.1, -0.05) is 24.3 Å². The Hall–Kier alpha value is -2.95. The number of nitrogens with one attached hydrogen (secondary N) is 2. The Morgan fingerprint density at radius 3 is 2.62 bits per heavy atom. The second-order valence-electron chi connectivity index (χ2n) is 5.67. The molecule has 1 aliphatic carbocycles. The first kappa shape index (κ1) is 15.9. The van der Waals surface area contributed by atoms with Crippen LogP contribution in [0, 0.1) is 5.82 Å². The predicted octanol–water partition coefficient (Wildman–Crippen LogP) is 3.37. The predicted molar refractivity (Wildman–Crippen MR) is 91.0 cm³/mol. The summed E-state index contributed by atoms with van der Waals surface area (Å²) in [6.07, 6.45) is 4.82. The quantitative estimate of drug-likeness (QED) is 0.829. The third-order valence-electron chi connectivity index (χ3n) is 3.62. The number of hydrogen-bond acceptors (Lipinski definition) is 2. The van der Waals surface area contributed by atoms with E-state index in [-0.39, 0.29) is 23.7 Å². The maximum Gasteiger partial charge on any atom is 0.253 e. The van der Waals surface area contributed by atoms with Gasteiger partial charge in [-0.3, -0.25) is 9.59 Å². The maximum absolute atomic E-state index is 13.1. The van der Waals surface area contributed by atoms with E-state index in [1.54, 1.807) is 36.4 Å². The highest BCUT2D eigenvalue weighted by atomic mass is 19.1. The highest BCUT2D eigenvalue weighted by Gasteiger charge is 2.24. The summed E-state index contributed by atoms with van der Waals surface area (Å²) < 4.78 is 13.1. The standard InChI is InChI=1S/C19H17FN2O2/c20-14-5-3-4-13(12-14)8-11-18(23)22-17-7-2-1-6-16(17)19(24)21-15-9-10-15/h1-8,11-12,15H,9-10H2,(H,21,24)(H,22,23). The number of amides is 2. The third-order valence-corrected chi connectivity index (χ3v) is 3.62. The van der Waals surface area contributed by atoms with E-state index >= 15 is 0 Å². The molecule has 0 saturated heterocycles. The molecule has 1 saturated carbocycles. The first-order valence-electron chi connectivity index (χ1n) is 7.76. The minimum atomic E-state index is -0.383. The van der Waals surface area contributed by atoms with Crippen LogP contribution in [0.4, 0.5) is 10.1 Å². The van der Waals surface area contributed by atoms with Crippen molar-refractivity contribution in [1.29, 1.82) is 0 Å². The van der Waals surface area contributed by atoms with Crippen LogP contribution >= 0.6 is 0 Å². The number of para-hydroxylation sites is 1. The van der Waals surface area contributed by atoms with Crippen molar-refractivity contribution in [1.82, 2.24) is 5.32 Å². The highest BCUT2D eigenvalue weighted by Crippen LogP contribution is 2.21. The number of carbonyl (C=O) groups excluding carboxylic acids is 2. The summed E-state index contributed by atoms with van der Waals surface area (Å²) in [4.78, 5) is 24.2. The van der Waals surface area contributed by atoms with Gasteiger partial charge in [0.05, 0.1) is 11.3 Å². The zero-order valence-corrected chi connectivity index (χ0v) is 13.0. The SMILES string of the molecule is O=C(C=Cc1cccc(F)c1)Nc1ccccc1C(=O)NC1CC1. The third kappa shape index (κ3) is 4.29. The lowest BCUT2D eigenvalue weighted by molar-refractivity contribution is -0.111. The molecule has 0 spiro atoms. The summed E-state index contributed by atoms with van der Waals surface area (Å²) in [5.74, 6) is -0.937. The highest BCUT2D eigenvalue weighted by molar-refractivity contribution is 6.07. The van der Waals surface area contributed by atoms with Crippen LogP contribution in [0.15, 0.2) is 54.6 Å². The fraction of sp³-hybridized carbons (Fsp3) is 0.158. The van der Waals surface area contributed by atoms with Crippen LogP contribution in [-0.4, -0.2) is 17.9 Å². The fourth-order valence-electron chi connectivity index (χ4n) is 2.24. The Morgan fingerprint density at radius 1 is 1.08 bits per heavy atom. The molecule has 2 amide bonds. The van der Waals surface area contributed by atoms with E-state index in [9.17, 15) is 14.0 Å². The van der Waals surface area contributed by atoms with E-state index in [4.69, 9.17) is 0 Å². The summed E-state index contributed by atoms with van der Waals surface area (Å²) in [5, 5.41) is 5.59. The van der Waals surface area contributed by atoms with Crippen LogP contribution in [0.5, 0.6) is 0 Å². The van der Waals surface area contributed by atoms with Crippen LogP contribution in [0.25, 0.3) is 6.08 Å². The lowest BCUT2D eigenvalue weighted by atomic mass is 10.1. The van der Waals surface area contributed by atoms with Crippen molar-refractivity contribution in [2.45, 2.75) is 18.9 Å². The van der Waals surface area contributed by atoms with Gasteiger partial charge in [0.25, 0.3) is 5.91 Å². The van der Waals surface area contributed by atoms with E-state index in [2.05, 4.69) is 10.6 Å². The van der Waals surface area contributed by atoms with Crippen LogP contribution in [0.3, 0.4) is 0 Å². The molecule has 1 aliphatic rings. The van der Waals surface area contributed by atoms with Crippen molar-refractivity contribution in [3.05, 3.63) is 71.6 Å². The molecule has 0 aliphatic heterocycles. The summed E-state index contributed by atoms with van der Waals surface area (Å²) in [5.41, 5.74) is 1.46. The van der Waals surface area contributed by atoms with Crippen LogP contribution < -0.4 is 10.6 Å². The second kappa shape index (κ2) is 7.08. The monoisotopic (exact) mass is 324 g/mol. The molecule has 122 valence electrons. The molecule has 4 nitrogen and oxygen atoms in total. The molecule has 5 heteroatoms. The number of halogens is 1. The normalized spacial score (nSPS) is 13.7. The van der Waals surface area contributed by atoms with Gasteiger partial charge in [-0.25, -0.2) is 4.39 Å². The molecule has 2 N–H and O–H groups in total. The Bertz CT molecular complexity index is 797. The number of benzene rings is 2. The lowest BCUT2D eigenvalue weighted by Gasteiger charge is -2.09. The molecule has 0 atom stereocenters. The van der Waals surface area contributed by atoms with Gasteiger partial charge in [-0.2, -0.15) is 0 Å². The van der Waals surface area contributed by atoms with Gasteiger partial charge in [-0.15, -0.1) is 0 Å². The molecule has 0 bridgehead atoms. The van der Waals surface area contributed by atoms with E-state index in [1.807, 2.05) is 0 Å². The van der Waals surface area contributed by atoms with Gasteiger partial charge in [0.2, 0.25) is 5.91 Å². The maximum atomic E-state index is 13.1. The minimum absolute atomic E-state index is 0.192. The topological polar surface area (TPSA) is 58.2 Å². The smallest absolute Gasteiger partial charge is 0.253 e. The molecule has 0 heterocycles. The Kier molecular flexibility index (Phi) is 4.70. The number of carbonyl (C=O) groups is 2. The molecule has 2 aromatic carbocycles. The number of rotatable bonds is 5. The van der Waals surface area contributed by atoms with Crippen molar-refractivity contribution < 1.29 is 14.0 Å². The zero-order valence-electron chi connectivity index (χ0n) is 13.0. The molecule has 0 unspecified atom stereocenters. The van der Waals surface area contributed by atoms with Crippen molar-refractivity contribution in [2.75, 3.05) is 5.32 Å². The molecular formula is C19H17FN2O2. The van der Waals surface area contributed by atoms with Crippen LogP contribution in [0.2, 0.25) is 0 Å². The molecule has 0 radical (unpaired) electrons. The number of hydrogen-bond donors (Lipinski definition) is 2. The molecular weight excluding hydrogens is 307 g/mol. The Balaban J connectivity index is 1.68. The molecule has 3 rings (SSSR count).